The number of benzene rings is 1. The minimum absolute atomic E-state index is 0.173. The molecule has 3 aromatic rings. The molecule has 4 rings (SSSR count). The van der Waals surface area contributed by atoms with Gasteiger partial charge in [-0.2, -0.15) is 0 Å². The van der Waals surface area contributed by atoms with Crippen molar-refractivity contribution >= 4 is 11.3 Å². The zero-order valence-corrected chi connectivity index (χ0v) is 13.9. The van der Waals surface area contributed by atoms with Crippen molar-refractivity contribution in [3.05, 3.63) is 40.9 Å². The van der Waals surface area contributed by atoms with Crippen molar-refractivity contribution in [3.63, 3.8) is 0 Å². The molecule has 7 heteroatoms. The highest BCUT2D eigenvalue weighted by Crippen LogP contribution is 2.25. The monoisotopic (exact) mass is 339 g/mol. The average Bonchev–Trinajstić information content (AvgIpc) is 2.92. The summed E-state index contributed by atoms with van der Waals surface area (Å²) in [4.78, 5) is 24.1. The molecule has 25 heavy (non-hydrogen) atoms. The molecule has 0 unspecified atom stereocenters. The standard InChI is InChI=1S/C18H21N5O2/c19-13-5-1-11(2-6-13)10-23-17-16(22-18(23)25)20-9-15(21-17)12-3-7-14(24)8-4-12/h3-4,7-9,11,13,24H,1-2,5-6,10,19H2,(H,20,22,25). The van der Waals surface area contributed by atoms with Gasteiger partial charge in [-0.25, -0.2) is 14.8 Å². The van der Waals surface area contributed by atoms with Crippen molar-refractivity contribution in [3.8, 4) is 17.0 Å². The van der Waals surface area contributed by atoms with Crippen molar-refractivity contribution < 1.29 is 5.11 Å². The zero-order valence-electron chi connectivity index (χ0n) is 13.9. The number of H-pyrrole nitrogens is 1. The van der Waals surface area contributed by atoms with Crippen LogP contribution >= 0.6 is 0 Å². The maximum absolute atomic E-state index is 12.3. The molecule has 130 valence electrons. The Morgan fingerprint density at radius 2 is 1.92 bits per heavy atom. The lowest BCUT2D eigenvalue weighted by Crippen LogP contribution is -2.30. The molecule has 2 aromatic heterocycles. The maximum atomic E-state index is 12.3. The van der Waals surface area contributed by atoms with Gasteiger partial charge in [0.1, 0.15) is 5.75 Å². The molecule has 4 N–H and O–H groups in total. The summed E-state index contributed by atoms with van der Waals surface area (Å²) in [5.41, 5.74) is 8.39. The number of aromatic amines is 1. The third-order valence-corrected chi connectivity index (χ3v) is 4.98. The zero-order chi connectivity index (χ0) is 17.4. The van der Waals surface area contributed by atoms with Crippen molar-refractivity contribution in [1.82, 2.24) is 19.5 Å². The van der Waals surface area contributed by atoms with Crippen LogP contribution in [0.4, 0.5) is 0 Å². The highest BCUT2D eigenvalue weighted by atomic mass is 16.3. The van der Waals surface area contributed by atoms with Crippen LogP contribution in [-0.4, -0.2) is 30.7 Å². The van der Waals surface area contributed by atoms with Gasteiger partial charge in [0.2, 0.25) is 0 Å². The number of aromatic hydroxyl groups is 1. The van der Waals surface area contributed by atoms with E-state index in [9.17, 15) is 9.90 Å². The van der Waals surface area contributed by atoms with Gasteiger partial charge in [-0.3, -0.25) is 9.55 Å². The van der Waals surface area contributed by atoms with Crippen LogP contribution in [0.5, 0.6) is 5.75 Å². The first-order valence-corrected chi connectivity index (χ1v) is 8.60. The van der Waals surface area contributed by atoms with Crippen LogP contribution in [0.2, 0.25) is 0 Å². The summed E-state index contributed by atoms with van der Waals surface area (Å²) in [5, 5.41) is 9.43. The van der Waals surface area contributed by atoms with Gasteiger partial charge in [-0.05, 0) is 55.9 Å². The highest BCUT2D eigenvalue weighted by Gasteiger charge is 2.21. The Morgan fingerprint density at radius 1 is 1.20 bits per heavy atom. The predicted octanol–water partition coefficient (Wildman–Crippen LogP) is 2.01. The van der Waals surface area contributed by atoms with Gasteiger partial charge >= 0.3 is 5.69 Å². The van der Waals surface area contributed by atoms with Crippen LogP contribution in [0.25, 0.3) is 22.6 Å². The summed E-state index contributed by atoms with van der Waals surface area (Å²) in [6.07, 6.45) is 5.71. The van der Waals surface area contributed by atoms with Crippen LogP contribution < -0.4 is 11.4 Å². The molecule has 1 aromatic carbocycles. The first-order valence-electron chi connectivity index (χ1n) is 8.60. The normalized spacial score (nSPS) is 20.8. The quantitative estimate of drug-likeness (QED) is 0.676. The highest BCUT2D eigenvalue weighted by molar-refractivity contribution is 5.71. The summed E-state index contributed by atoms with van der Waals surface area (Å²) >= 11 is 0. The van der Waals surface area contributed by atoms with E-state index in [-0.39, 0.29) is 17.5 Å². The van der Waals surface area contributed by atoms with Gasteiger partial charge in [-0.1, -0.05) is 0 Å². The Bertz CT molecular complexity index is 936. The molecule has 0 saturated heterocycles. The number of aromatic nitrogens is 4. The number of phenolic OH excluding ortho intramolecular Hbond substituents is 1. The van der Waals surface area contributed by atoms with Gasteiger partial charge < -0.3 is 10.8 Å². The molecule has 2 heterocycles. The minimum Gasteiger partial charge on any atom is -0.508 e. The molecule has 1 aliphatic carbocycles. The lowest BCUT2D eigenvalue weighted by atomic mass is 9.86. The first kappa shape index (κ1) is 15.8. The summed E-state index contributed by atoms with van der Waals surface area (Å²) < 4.78 is 1.69. The van der Waals surface area contributed by atoms with E-state index in [1.165, 1.54) is 0 Å². The summed E-state index contributed by atoms with van der Waals surface area (Å²) in [6, 6.07) is 7.07. The molecule has 0 aliphatic heterocycles. The summed E-state index contributed by atoms with van der Waals surface area (Å²) in [6.45, 7) is 0.638. The van der Waals surface area contributed by atoms with E-state index >= 15 is 0 Å². The lowest BCUT2D eigenvalue weighted by molar-refractivity contribution is 0.294. The summed E-state index contributed by atoms with van der Waals surface area (Å²) in [5.74, 6) is 0.641. The van der Waals surface area contributed by atoms with E-state index in [4.69, 9.17) is 5.73 Å². The largest absolute Gasteiger partial charge is 0.508 e. The van der Waals surface area contributed by atoms with Crippen molar-refractivity contribution in [1.29, 1.82) is 0 Å². The van der Waals surface area contributed by atoms with Crippen LogP contribution in [0.1, 0.15) is 25.7 Å². The van der Waals surface area contributed by atoms with Gasteiger partial charge in [0.25, 0.3) is 0 Å². The Hall–Kier alpha value is -2.67. The Kier molecular flexibility index (Phi) is 4.01. The van der Waals surface area contributed by atoms with Gasteiger partial charge in [0.05, 0.1) is 11.9 Å². The SMILES string of the molecule is NC1CCC(Cn2c(=O)[nH]c3ncc(-c4ccc(O)cc4)nc32)CC1. The maximum Gasteiger partial charge on any atom is 0.328 e. The molecule has 7 nitrogen and oxygen atoms in total. The fourth-order valence-electron chi connectivity index (χ4n) is 3.49. The molecule has 0 amide bonds. The Balaban J connectivity index is 1.69. The third kappa shape index (κ3) is 3.15. The lowest BCUT2D eigenvalue weighted by Gasteiger charge is -2.25. The Labute approximate surface area is 144 Å². The molecule has 0 bridgehead atoms. The van der Waals surface area contributed by atoms with Gasteiger partial charge in [0, 0.05) is 18.2 Å². The smallest absolute Gasteiger partial charge is 0.328 e. The molecular formula is C18H21N5O2. The topological polar surface area (TPSA) is 110 Å². The first-order chi connectivity index (χ1) is 12.1. The number of nitrogens with two attached hydrogens (primary N) is 1. The van der Waals surface area contributed by atoms with E-state index in [1.54, 1.807) is 35.0 Å². The number of rotatable bonds is 3. The van der Waals surface area contributed by atoms with Crippen LogP contribution in [0.3, 0.4) is 0 Å². The summed E-state index contributed by atoms with van der Waals surface area (Å²) in [7, 11) is 0. The molecule has 1 saturated carbocycles. The average molecular weight is 339 g/mol. The fraction of sp³-hybridized carbons (Fsp3) is 0.389. The molecule has 1 aliphatic rings. The molecule has 0 radical (unpaired) electrons. The number of fused-ring (bicyclic) bond motifs is 1. The number of hydrogen-bond acceptors (Lipinski definition) is 5. The van der Waals surface area contributed by atoms with Gasteiger partial charge in [0.15, 0.2) is 11.3 Å². The molecular weight excluding hydrogens is 318 g/mol. The number of nitrogens with one attached hydrogen (secondary N) is 1. The predicted molar refractivity (Wildman–Crippen MR) is 95.2 cm³/mol. The molecule has 0 atom stereocenters. The number of hydrogen-bond donors (Lipinski definition) is 3. The van der Waals surface area contributed by atoms with E-state index in [0.29, 0.717) is 29.5 Å². The van der Waals surface area contributed by atoms with Crippen LogP contribution in [0.15, 0.2) is 35.3 Å². The second kappa shape index (κ2) is 6.33. The van der Waals surface area contributed by atoms with E-state index in [0.717, 1.165) is 31.2 Å². The van der Waals surface area contributed by atoms with Crippen molar-refractivity contribution in [2.24, 2.45) is 11.7 Å². The molecule has 1 fully saturated rings. The van der Waals surface area contributed by atoms with Crippen LogP contribution in [0, 0.1) is 5.92 Å². The van der Waals surface area contributed by atoms with Crippen molar-refractivity contribution in [2.45, 2.75) is 38.3 Å². The van der Waals surface area contributed by atoms with Gasteiger partial charge in [-0.15, -0.1) is 0 Å². The number of imidazole rings is 1. The minimum atomic E-state index is -0.173. The molecule has 0 spiro atoms. The number of nitrogens with zero attached hydrogens (tertiary/aromatic N) is 3. The second-order valence-corrected chi connectivity index (χ2v) is 6.80. The van der Waals surface area contributed by atoms with E-state index in [2.05, 4.69) is 15.0 Å². The third-order valence-electron chi connectivity index (χ3n) is 4.98. The van der Waals surface area contributed by atoms with Crippen molar-refractivity contribution in [2.75, 3.05) is 0 Å². The number of phenols is 1. The Morgan fingerprint density at radius 3 is 2.64 bits per heavy atom. The fourth-order valence-corrected chi connectivity index (χ4v) is 3.49. The van der Waals surface area contributed by atoms with E-state index in [1.807, 2.05) is 0 Å². The second-order valence-electron chi connectivity index (χ2n) is 6.80. The van der Waals surface area contributed by atoms with Crippen LogP contribution in [-0.2, 0) is 6.54 Å². The van der Waals surface area contributed by atoms with E-state index < -0.39 is 0 Å².